The second kappa shape index (κ2) is 6.42. The molecule has 4 heteroatoms. The van der Waals surface area contributed by atoms with Crippen LogP contribution in [-0.2, 0) is 0 Å². The lowest BCUT2D eigenvalue weighted by Gasteiger charge is -2.48. The highest BCUT2D eigenvalue weighted by Gasteiger charge is 2.46. The molecule has 0 bridgehead atoms. The van der Waals surface area contributed by atoms with E-state index in [-0.39, 0.29) is 11.6 Å². The molecule has 3 N–H and O–H groups in total. The Bertz CT molecular complexity index is 444. The van der Waals surface area contributed by atoms with E-state index in [0.29, 0.717) is 0 Å². The van der Waals surface area contributed by atoms with Crippen LogP contribution in [0, 0.1) is 6.92 Å². The number of piperidine rings is 1. The summed E-state index contributed by atoms with van der Waals surface area (Å²) in [6.07, 6.45) is 11.1. The molecule has 2 fully saturated rings. The Balaban J connectivity index is 1.91. The number of nitrogens with one attached hydrogen (secondary N) is 1. The van der Waals surface area contributed by atoms with Gasteiger partial charge in [0.15, 0.2) is 0 Å². The average Bonchev–Trinajstić information content (AvgIpc) is 3.01. The van der Waals surface area contributed by atoms with E-state index in [0.717, 1.165) is 5.69 Å². The highest BCUT2D eigenvalue weighted by Crippen LogP contribution is 2.45. The molecule has 2 aliphatic rings. The first kappa shape index (κ1) is 14.9. The number of aryl methyl sites for hydroxylation is 1. The van der Waals surface area contributed by atoms with Crippen LogP contribution in [0.2, 0.25) is 0 Å². The fraction of sp³-hybridized carbons (Fsp3) is 0.706. The largest absolute Gasteiger partial charge is 0.296 e. The van der Waals surface area contributed by atoms with Crippen LogP contribution in [0.5, 0.6) is 0 Å². The zero-order valence-electron chi connectivity index (χ0n) is 13.1. The van der Waals surface area contributed by atoms with E-state index < -0.39 is 0 Å². The highest BCUT2D eigenvalue weighted by molar-refractivity contribution is 5.23. The number of aromatic nitrogens is 1. The van der Waals surface area contributed by atoms with Crippen LogP contribution in [0.25, 0.3) is 0 Å². The first-order chi connectivity index (χ1) is 10.3. The second-order valence-electron chi connectivity index (χ2n) is 6.69. The third kappa shape index (κ3) is 2.85. The molecule has 1 aromatic rings. The topological polar surface area (TPSA) is 54.2 Å². The molecule has 0 amide bonds. The summed E-state index contributed by atoms with van der Waals surface area (Å²) in [5.41, 5.74) is 5.62. The number of pyridine rings is 1. The Labute approximate surface area is 128 Å². The minimum Gasteiger partial charge on any atom is -0.296 e. The van der Waals surface area contributed by atoms with Crippen molar-refractivity contribution in [3.05, 3.63) is 29.6 Å². The van der Waals surface area contributed by atoms with Crippen molar-refractivity contribution < 1.29 is 0 Å². The van der Waals surface area contributed by atoms with E-state index in [1.807, 2.05) is 13.1 Å². The molecule has 4 nitrogen and oxygen atoms in total. The summed E-state index contributed by atoms with van der Waals surface area (Å²) >= 11 is 0. The van der Waals surface area contributed by atoms with Crippen molar-refractivity contribution in [2.75, 3.05) is 13.1 Å². The predicted molar refractivity (Wildman–Crippen MR) is 85.7 cm³/mol. The minimum atomic E-state index is 0.186. The SMILES string of the molecule is Cc1ccc(C(NN)C2(N3CCCCC3)CCCC2)cn1. The first-order valence-electron chi connectivity index (χ1n) is 8.40. The summed E-state index contributed by atoms with van der Waals surface area (Å²) < 4.78 is 0. The normalized spacial score (nSPS) is 24.1. The number of hydrazine groups is 1. The third-order valence-electron chi connectivity index (χ3n) is 5.43. The molecule has 3 rings (SSSR count). The van der Waals surface area contributed by atoms with Crippen LogP contribution in [0.1, 0.15) is 62.2 Å². The van der Waals surface area contributed by atoms with Crippen LogP contribution in [0.15, 0.2) is 18.3 Å². The summed E-state index contributed by atoms with van der Waals surface area (Å²) in [6.45, 7) is 4.47. The van der Waals surface area contributed by atoms with Gasteiger partial charge in [-0.25, -0.2) is 0 Å². The van der Waals surface area contributed by atoms with Crippen molar-refractivity contribution in [2.24, 2.45) is 5.84 Å². The molecule has 0 spiro atoms. The highest BCUT2D eigenvalue weighted by atomic mass is 15.3. The number of likely N-dealkylation sites (tertiary alicyclic amines) is 1. The van der Waals surface area contributed by atoms with Gasteiger partial charge < -0.3 is 0 Å². The lowest BCUT2D eigenvalue weighted by atomic mass is 9.81. The van der Waals surface area contributed by atoms with Crippen LogP contribution >= 0.6 is 0 Å². The lowest BCUT2D eigenvalue weighted by Crippen LogP contribution is -2.57. The monoisotopic (exact) mass is 288 g/mol. The lowest BCUT2D eigenvalue weighted by molar-refractivity contribution is 0.0359. The Kier molecular flexibility index (Phi) is 4.57. The van der Waals surface area contributed by atoms with Gasteiger partial charge >= 0.3 is 0 Å². The molecule has 1 aliphatic heterocycles. The van der Waals surface area contributed by atoms with Crippen LogP contribution in [0.3, 0.4) is 0 Å². The van der Waals surface area contributed by atoms with E-state index in [4.69, 9.17) is 5.84 Å². The van der Waals surface area contributed by atoms with Gasteiger partial charge in [0.25, 0.3) is 0 Å². The van der Waals surface area contributed by atoms with Crippen molar-refractivity contribution in [2.45, 2.75) is 63.5 Å². The summed E-state index contributed by atoms with van der Waals surface area (Å²) in [5.74, 6) is 6.01. The standard InChI is InChI=1S/C17H28N4/c1-14-7-8-15(13-19-14)16(20-18)17(9-3-4-10-17)21-11-5-2-6-12-21/h7-8,13,16,20H,2-6,9-12,18H2,1H3. The van der Waals surface area contributed by atoms with E-state index in [9.17, 15) is 0 Å². The molecule has 2 heterocycles. The van der Waals surface area contributed by atoms with E-state index in [1.54, 1.807) is 0 Å². The number of rotatable bonds is 4. The Morgan fingerprint density at radius 2 is 1.86 bits per heavy atom. The smallest absolute Gasteiger partial charge is 0.0658 e. The van der Waals surface area contributed by atoms with Gasteiger partial charge in [-0.15, -0.1) is 0 Å². The van der Waals surface area contributed by atoms with E-state index >= 15 is 0 Å². The molecule has 1 aromatic heterocycles. The van der Waals surface area contributed by atoms with Gasteiger partial charge in [-0.1, -0.05) is 25.3 Å². The quantitative estimate of drug-likeness (QED) is 0.661. The van der Waals surface area contributed by atoms with Gasteiger partial charge in [-0.3, -0.25) is 21.2 Å². The molecule has 0 radical (unpaired) electrons. The maximum absolute atomic E-state index is 6.01. The van der Waals surface area contributed by atoms with Crippen LogP contribution in [-0.4, -0.2) is 28.5 Å². The van der Waals surface area contributed by atoms with Crippen molar-refractivity contribution in [3.63, 3.8) is 0 Å². The van der Waals surface area contributed by atoms with Crippen LogP contribution < -0.4 is 11.3 Å². The van der Waals surface area contributed by atoms with Gasteiger partial charge in [-0.05, 0) is 57.3 Å². The predicted octanol–water partition coefficient (Wildman–Crippen LogP) is 2.69. The van der Waals surface area contributed by atoms with E-state index in [1.165, 1.54) is 63.6 Å². The number of nitrogens with zero attached hydrogens (tertiary/aromatic N) is 2. The summed E-state index contributed by atoms with van der Waals surface area (Å²) in [6, 6.07) is 4.47. The fourth-order valence-corrected chi connectivity index (χ4v) is 4.33. The van der Waals surface area contributed by atoms with Crippen molar-refractivity contribution in [1.29, 1.82) is 0 Å². The van der Waals surface area contributed by atoms with Crippen molar-refractivity contribution in [3.8, 4) is 0 Å². The summed E-state index contributed by atoms with van der Waals surface area (Å²) in [7, 11) is 0. The number of hydrogen-bond acceptors (Lipinski definition) is 4. The second-order valence-corrected chi connectivity index (χ2v) is 6.69. The third-order valence-corrected chi connectivity index (χ3v) is 5.43. The zero-order chi connectivity index (χ0) is 14.7. The Morgan fingerprint density at radius 1 is 1.14 bits per heavy atom. The number of hydrogen-bond donors (Lipinski definition) is 2. The first-order valence-corrected chi connectivity index (χ1v) is 8.40. The van der Waals surface area contributed by atoms with Crippen LogP contribution in [0.4, 0.5) is 0 Å². The Morgan fingerprint density at radius 3 is 2.43 bits per heavy atom. The van der Waals surface area contributed by atoms with Gasteiger partial charge in [0.05, 0.1) is 6.04 Å². The molecule has 0 aromatic carbocycles. The molecular weight excluding hydrogens is 260 g/mol. The molecule has 1 saturated carbocycles. The molecule has 1 atom stereocenters. The Hall–Kier alpha value is -0.970. The maximum atomic E-state index is 6.01. The minimum absolute atomic E-state index is 0.186. The van der Waals surface area contributed by atoms with E-state index in [2.05, 4.69) is 27.4 Å². The fourth-order valence-electron chi connectivity index (χ4n) is 4.33. The van der Waals surface area contributed by atoms with Gasteiger partial charge in [0.1, 0.15) is 0 Å². The zero-order valence-corrected chi connectivity index (χ0v) is 13.1. The van der Waals surface area contributed by atoms with Crippen molar-refractivity contribution >= 4 is 0 Å². The average molecular weight is 288 g/mol. The maximum Gasteiger partial charge on any atom is 0.0658 e. The molecule has 21 heavy (non-hydrogen) atoms. The van der Waals surface area contributed by atoms with Gasteiger partial charge in [0, 0.05) is 17.4 Å². The van der Waals surface area contributed by atoms with Gasteiger partial charge in [0.2, 0.25) is 0 Å². The van der Waals surface area contributed by atoms with Crippen molar-refractivity contribution in [1.82, 2.24) is 15.3 Å². The molecule has 1 saturated heterocycles. The summed E-state index contributed by atoms with van der Waals surface area (Å²) in [4.78, 5) is 7.20. The molecule has 116 valence electrons. The molecular formula is C17H28N4. The molecule has 1 unspecified atom stereocenters. The summed E-state index contributed by atoms with van der Waals surface area (Å²) in [5, 5.41) is 0. The van der Waals surface area contributed by atoms with Gasteiger partial charge in [-0.2, -0.15) is 0 Å². The number of nitrogens with two attached hydrogens (primary N) is 1. The molecule has 1 aliphatic carbocycles.